The summed E-state index contributed by atoms with van der Waals surface area (Å²) in [5.74, 6) is -1.96. The van der Waals surface area contributed by atoms with E-state index in [0.717, 1.165) is 48.0 Å². The van der Waals surface area contributed by atoms with Crippen molar-refractivity contribution in [1.82, 2.24) is 34.3 Å². The van der Waals surface area contributed by atoms with Gasteiger partial charge in [0.1, 0.15) is 47.5 Å². The van der Waals surface area contributed by atoms with Crippen LogP contribution in [0.4, 0.5) is 4.79 Å². The molecule has 3 N–H and O–H groups in total. The maximum Gasteiger partial charge on any atom is 0.415 e. The van der Waals surface area contributed by atoms with Gasteiger partial charge in [-0.1, -0.05) is 37.6 Å². The molecule has 3 aromatic heterocycles. The lowest BCUT2D eigenvalue weighted by atomic mass is 9.85. The number of ketones is 1. The number of phenols is 3. The highest BCUT2D eigenvalue weighted by molar-refractivity contribution is 6.01. The van der Waals surface area contributed by atoms with Gasteiger partial charge in [0.05, 0.1) is 74.1 Å². The summed E-state index contributed by atoms with van der Waals surface area (Å²) >= 11 is 0. The number of carbonyl (C=O) groups excluding carboxylic acids is 4. The van der Waals surface area contributed by atoms with E-state index in [9.17, 15) is 39.3 Å². The molecule has 1 atom stereocenters. The summed E-state index contributed by atoms with van der Waals surface area (Å²) in [7, 11) is 0. The average Bonchev–Trinajstić information content (AvgIpc) is 4.22. The van der Waals surface area contributed by atoms with E-state index in [-0.39, 0.29) is 105 Å². The van der Waals surface area contributed by atoms with Gasteiger partial charge in [-0.05, 0) is 106 Å². The number of pyridine rings is 2. The van der Waals surface area contributed by atoms with Crippen LogP contribution < -0.4 is 15.0 Å². The summed E-state index contributed by atoms with van der Waals surface area (Å²) in [5, 5.41) is 39.6. The minimum absolute atomic E-state index is 0.0136. The quantitative estimate of drug-likeness (QED) is 0.0354. The van der Waals surface area contributed by atoms with Crippen molar-refractivity contribution >= 4 is 34.7 Å². The number of hydrogen-bond acceptors (Lipinski definition) is 18. The third-order valence-corrected chi connectivity index (χ3v) is 15.7. The molecule has 21 nitrogen and oxygen atoms in total. The van der Waals surface area contributed by atoms with Crippen LogP contribution in [0.5, 0.6) is 28.7 Å². The van der Waals surface area contributed by atoms with Crippen molar-refractivity contribution in [2.24, 2.45) is 0 Å². The Balaban J connectivity index is 0.688. The van der Waals surface area contributed by atoms with Crippen molar-refractivity contribution in [3.8, 4) is 40.1 Å². The third-order valence-electron chi connectivity index (χ3n) is 15.7. The van der Waals surface area contributed by atoms with Gasteiger partial charge in [0.2, 0.25) is 5.60 Å². The number of ether oxygens (including phenoxy) is 6. The molecule has 80 heavy (non-hydrogen) atoms. The fraction of sp³-hybridized carbons (Fsp3) is 0.458. The van der Waals surface area contributed by atoms with Gasteiger partial charge in [-0.25, -0.2) is 19.3 Å². The van der Waals surface area contributed by atoms with E-state index < -0.39 is 34.8 Å². The maximum atomic E-state index is 14.4. The van der Waals surface area contributed by atoms with Crippen molar-refractivity contribution in [3.05, 3.63) is 116 Å². The predicted octanol–water partition coefficient (Wildman–Crippen LogP) is 6.91. The summed E-state index contributed by atoms with van der Waals surface area (Å²) in [6.45, 7) is 8.76. The van der Waals surface area contributed by atoms with Gasteiger partial charge >= 0.3 is 18.0 Å². The number of aromatic hydroxyl groups is 3. The first-order valence-corrected chi connectivity index (χ1v) is 27.7. The molecule has 4 aliphatic heterocycles. The van der Waals surface area contributed by atoms with E-state index in [4.69, 9.17) is 33.4 Å². The van der Waals surface area contributed by atoms with Crippen LogP contribution in [0.3, 0.4) is 0 Å². The molecule has 0 radical (unpaired) electrons. The van der Waals surface area contributed by atoms with Gasteiger partial charge in [-0.15, -0.1) is 5.10 Å². The second kappa shape index (κ2) is 24.6. The molecule has 0 spiro atoms. The van der Waals surface area contributed by atoms with Gasteiger partial charge < -0.3 is 58.1 Å². The minimum Gasteiger partial charge on any atom is -0.508 e. The van der Waals surface area contributed by atoms with E-state index in [1.165, 1.54) is 43.5 Å². The molecule has 3 aromatic carbocycles. The number of aryl methyl sites for hydroxylation is 3. The van der Waals surface area contributed by atoms with Gasteiger partial charge in [-0.2, -0.15) is 0 Å². The lowest BCUT2D eigenvalue weighted by Gasteiger charge is -2.39. The number of phenolic OH excluding ortho intramolecular Hbond substituents is 3. The number of amides is 1. The van der Waals surface area contributed by atoms with Crippen molar-refractivity contribution in [3.63, 3.8) is 0 Å². The number of nitrogens with zero attached hydrogens (tertiary/aromatic N) is 7. The lowest BCUT2D eigenvalue weighted by molar-refractivity contribution is -0.189. The maximum absolute atomic E-state index is 14.4. The third kappa shape index (κ3) is 12.0. The molecule has 6 aromatic rings. The Bertz CT molecular complexity index is 3300. The first-order valence-electron chi connectivity index (χ1n) is 27.7. The number of likely N-dealkylation sites (tertiary alicyclic amines) is 2. The van der Waals surface area contributed by atoms with Crippen molar-refractivity contribution in [2.45, 2.75) is 116 Å². The second-order valence-corrected chi connectivity index (χ2v) is 20.6. The Morgan fingerprint density at radius 2 is 1.54 bits per heavy atom. The Morgan fingerprint density at radius 3 is 2.27 bits per heavy atom. The number of piperidine rings is 2. The zero-order chi connectivity index (χ0) is 55.9. The molecular weight excluding hydrogens is 1030 g/mol. The number of aromatic nitrogens is 5. The van der Waals surface area contributed by atoms with Crippen LogP contribution in [0, 0.1) is 0 Å². The Kier molecular flexibility index (Phi) is 17.1. The molecular formula is C59H67N7O14. The van der Waals surface area contributed by atoms with Crippen LogP contribution in [0.25, 0.3) is 22.3 Å². The molecule has 0 saturated carbocycles. The number of fused-ring (bicyclic) bond motifs is 5. The van der Waals surface area contributed by atoms with Crippen LogP contribution in [0.15, 0.2) is 71.7 Å². The summed E-state index contributed by atoms with van der Waals surface area (Å²) in [4.78, 5) is 77.4. The zero-order valence-electron chi connectivity index (χ0n) is 45.2. The number of carbonyl (C=O) groups is 4. The van der Waals surface area contributed by atoms with E-state index in [0.29, 0.717) is 73.5 Å². The highest BCUT2D eigenvalue weighted by atomic mass is 16.6. The number of cyclic esters (lactones) is 1. The molecule has 0 bridgehead atoms. The van der Waals surface area contributed by atoms with Crippen LogP contribution >= 0.6 is 0 Å². The molecule has 10 rings (SSSR count). The molecule has 2 saturated heterocycles. The molecule has 4 aliphatic rings. The number of hydrogen-bond donors (Lipinski definition) is 3. The van der Waals surface area contributed by atoms with Gasteiger partial charge in [0, 0.05) is 66.8 Å². The van der Waals surface area contributed by atoms with Crippen LogP contribution in [0.2, 0.25) is 0 Å². The van der Waals surface area contributed by atoms with Crippen molar-refractivity contribution < 1.29 is 62.9 Å². The molecule has 422 valence electrons. The normalized spacial score (nSPS) is 17.2. The number of Topliss-reactive ketones (excluding diaryl/α,β-unsaturated/α-hetero) is 1. The smallest absolute Gasteiger partial charge is 0.415 e. The Hall–Kier alpha value is -7.88. The van der Waals surface area contributed by atoms with Crippen LogP contribution in [-0.2, 0) is 73.1 Å². The minimum atomic E-state index is -1.87. The van der Waals surface area contributed by atoms with Gasteiger partial charge in [-0.3, -0.25) is 14.4 Å². The number of rotatable bonds is 22. The highest BCUT2D eigenvalue weighted by Crippen LogP contribution is 2.43. The first-order chi connectivity index (χ1) is 38.8. The van der Waals surface area contributed by atoms with Gasteiger partial charge in [0.15, 0.2) is 5.78 Å². The molecule has 2 fully saturated rings. The monoisotopic (exact) mass is 1100 g/mol. The zero-order valence-corrected chi connectivity index (χ0v) is 45.2. The Morgan fingerprint density at radius 1 is 0.800 bits per heavy atom. The second-order valence-electron chi connectivity index (χ2n) is 20.6. The first kappa shape index (κ1) is 55.4. The van der Waals surface area contributed by atoms with Crippen LogP contribution in [0.1, 0.15) is 109 Å². The number of benzene rings is 3. The molecule has 7 heterocycles. The van der Waals surface area contributed by atoms with Crippen LogP contribution in [-0.4, -0.2) is 139 Å². The fourth-order valence-electron chi connectivity index (χ4n) is 11.4. The topological polar surface area (TPSA) is 256 Å². The largest absolute Gasteiger partial charge is 0.508 e. The highest BCUT2D eigenvalue weighted by Gasteiger charge is 2.50. The molecule has 1 amide bonds. The average molecular weight is 1100 g/mol. The van der Waals surface area contributed by atoms with E-state index in [1.54, 1.807) is 51.5 Å². The van der Waals surface area contributed by atoms with E-state index in [1.807, 2.05) is 19.1 Å². The summed E-state index contributed by atoms with van der Waals surface area (Å²) in [6.07, 6.45) is 8.02. The van der Waals surface area contributed by atoms with E-state index in [2.05, 4.69) is 15.2 Å². The lowest BCUT2D eigenvalue weighted by Crippen LogP contribution is -2.48. The van der Waals surface area contributed by atoms with Crippen molar-refractivity contribution in [1.29, 1.82) is 0 Å². The van der Waals surface area contributed by atoms with E-state index >= 15 is 0 Å². The predicted molar refractivity (Wildman–Crippen MR) is 290 cm³/mol. The van der Waals surface area contributed by atoms with Gasteiger partial charge in [0.25, 0.3) is 5.56 Å². The number of esters is 2. The summed E-state index contributed by atoms with van der Waals surface area (Å²) in [6, 6.07) is 16.6. The standard InChI is InChI=1S/C59H67N7O14/c1-3-43-44-30-41(79-58(74)64-22-18-39(19-23-64)63-20-6-5-7-21-63)14-15-48(44)60-55-45(43)35-66-49(55)33-47-46(56(66)72)36-78-57(73)59(47,4-2)80-53(71)17-11-38-34-65(62-61-38)24-25-75-26-27-76-28-29-77-42-31-51(69)54(52(70)32-42)50(68)16-10-37-8-12-40(67)13-9-37/h8-9,12-15,30-34,39,67,69-70H,3-7,10-11,16-29,35-36H2,1-2H3/t59-/m0/s1. The Labute approximate surface area is 461 Å². The molecule has 0 aliphatic carbocycles. The SMILES string of the molecule is CCc1c2c(nc3ccc(OC(=O)N4CCC(N5CCCCC5)CC4)cc13)-c1cc3c(c(=O)n1C2)COC(=O)[C@@]3(CC)OC(=O)CCc1cn(CCOCCOCCOc2cc(O)c(C(=O)CCc3ccc(O)cc3)c(O)c2)nn1. The summed E-state index contributed by atoms with van der Waals surface area (Å²) < 4.78 is 37.7. The molecule has 21 heteroatoms. The van der Waals surface area contributed by atoms with Crippen molar-refractivity contribution in [2.75, 3.05) is 59.2 Å². The fourth-order valence-corrected chi connectivity index (χ4v) is 11.4. The molecule has 0 unspecified atom stereocenters. The summed E-state index contributed by atoms with van der Waals surface area (Å²) in [5.41, 5.74) is 3.00.